The quantitative estimate of drug-likeness (QED) is 0.446. The number of hydrogen-bond acceptors (Lipinski definition) is 7. The molecule has 0 unspecified atom stereocenters. The molecular weight excluding hydrogens is 470 g/mol. The van der Waals surface area contributed by atoms with Gasteiger partial charge in [0.15, 0.2) is 11.7 Å². The molecule has 0 aliphatic rings. The molecule has 0 aliphatic carbocycles. The minimum atomic E-state index is -0.963. The summed E-state index contributed by atoms with van der Waals surface area (Å²) in [5.74, 6) is -1.40. The van der Waals surface area contributed by atoms with E-state index < -0.39 is 23.4 Å². The van der Waals surface area contributed by atoms with E-state index in [2.05, 4.69) is 23.5 Å². The third-order valence-corrected chi connectivity index (χ3v) is 6.81. The molecule has 5 N–H and O–H groups in total. The SMILES string of the molecule is CC(C)c1ccc(N(C(=O)c2snc(C(N)=O)c2N)[C@@H](C(=O)NC(C)(C)C)c2cccs2)cc1. The van der Waals surface area contributed by atoms with Crippen LogP contribution in [0.1, 0.15) is 77.2 Å². The summed E-state index contributed by atoms with van der Waals surface area (Å²) >= 11 is 2.16. The fourth-order valence-corrected chi connectivity index (χ4v) is 4.96. The summed E-state index contributed by atoms with van der Waals surface area (Å²) in [6.07, 6.45) is 0. The van der Waals surface area contributed by atoms with Crippen molar-refractivity contribution in [3.63, 3.8) is 0 Å². The Morgan fingerprint density at radius 2 is 1.74 bits per heavy atom. The van der Waals surface area contributed by atoms with Gasteiger partial charge in [0.05, 0.1) is 5.69 Å². The lowest BCUT2D eigenvalue weighted by Crippen LogP contribution is -2.49. The van der Waals surface area contributed by atoms with Gasteiger partial charge in [0.25, 0.3) is 11.8 Å². The number of thiophene rings is 1. The number of nitrogen functional groups attached to an aromatic ring is 1. The van der Waals surface area contributed by atoms with Gasteiger partial charge in [-0.2, -0.15) is 4.37 Å². The number of aromatic nitrogens is 1. The molecular formula is C24H29N5O3S2. The van der Waals surface area contributed by atoms with E-state index in [1.165, 1.54) is 16.2 Å². The first-order valence-electron chi connectivity index (χ1n) is 10.7. The first-order valence-corrected chi connectivity index (χ1v) is 12.4. The molecule has 2 aromatic heterocycles. The Kier molecular flexibility index (Phi) is 7.42. The molecule has 0 radical (unpaired) electrons. The maximum atomic E-state index is 13.9. The lowest BCUT2D eigenvalue weighted by molar-refractivity contribution is -0.123. The smallest absolute Gasteiger partial charge is 0.273 e. The summed E-state index contributed by atoms with van der Waals surface area (Å²) in [6, 6.07) is 10.2. The maximum absolute atomic E-state index is 13.9. The molecule has 3 rings (SSSR count). The van der Waals surface area contributed by atoms with Crippen LogP contribution in [0.15, 0.2) is 41.8 Å². The molecule has 3 amide bonds. The van der Waals surface area contributed by atoms with Crippen molar-refractivity contribution in [2.75, 3.05) is 10.6 Å². The molecule has 1 atom stereocenters. The summed E-state index contributed by atoms with van der Waals surface area (Å²) in [6.45, 7) is 9.78. The molecule has 10 heteroatoms. The maximum Gasteiger partial charge on any atom is 0.273 e. The van der Waals surface area contributed by atoms with E-state index >= 15 is 0 Å². The lowest BCUT2D eigenvalue weighted by atomic mass is 10.0. The third kappa shape index (κ3) is 5.45. The Labute approximate surface area is 207 Å². The first-order chi connectivity index (χ1) is 15.9. The number of anilines is 2. The van der Waals surface area contributed by atoms with Crippen molar-refractivity contribution < 1.29 is 14.4 Å². The molecule has 180 valence electrons. The highest BCUT2D eigenvalue weighted by Crippen LogP contribution is 2.35. The molecule has 2 heterocycles. The second-order valence-electron chi connectivity index (χ2n) is 9.22. The summed E-state index contributed by atoms with van der Waals surface area (Å²) in [4.78, 5) is 41.3. The minimum Gasteiger partial charge on any atom is -0.395 e. The number of carbonyl (C=O) groups is 3. The first kappa shape index (κ1) is 25.4. The van der Waals surface area contributed by atoms with E-state index in [0.29, 0.717) is 16.5 Å². The molecule has 0 aliphatic heterocycles. The normalized spacial score (nSPS) is 12.4. The van der Waals surface area contributed by atoms with Crippen LogP contribution < -0.4 is 21.7 Å². The fraction of sp³-hybridized carbons (Fsp3) is 0.333. The van der Waals surface area contributed by atoms with Gasteiger partial charge in [-0.05, 0) is 67.4 Å². The van der Waals surface area contributed by atoms with E-state index in [-0.39, 0.29) is 22.2 Å². The average molecular weight is 500 g/mol. The highest BCUT2D eigenvalue weighted by atomic mass is 32.1. The number of primary amides is 1. The van der Waals surface area contributed by atoms with Crippen LogP contribution in [0.4, 0.5) is 11.4 Å². The molecule has 8 nitrogen and oxygen atoms in total. The minimum absolute atomic E-state index is 0.0480. The van der Waals surface area contributed by atoms with Gasteiger partial charge in [-0.15, -0.1) is 11.3 Å². The molecule has 0 fully saturated rings. The summed E-state index contributed by atoms with van der Waals surface area (Å²) in [5, 5.41) is 4.84. The number of nitrogens with two attached hydrogens (primary N) is 2. The molecule has 0 saturated carbocycles. The zero-order valence-corrected chi connectivity index (χ0v) is 21.4. The third-order valence-electron chi connectivity index (χ3n) is 5.03. The number of amides is 3. The van der Waals surface area contributed by atoms with Crippen LogP contribution in [0.5, 0.6) is 0 Å². The van der Waals surface area contributed by atoms with Crippen LogP contribution in [-0.4, -0.2) is 27.6 Å². The fourth-order valence-electron chi connectivity index (χ4n) is 3.40. The number of nitrogens with zero attached hydrogens (tertiary/aromatic N) is 2. The van der Waals surface area contributed by atoms with E-state index in [9.17, 15) is 14.4 Å². The van der Waals surface area contributed by atoms with Gasteiger partial charge in [0.2, 0.25) is 5.91 Å². The van der Waals surface area contributed by atoms with Crippen LogP contribution in [0, 0.1) is 0 Å². The average Bonchev–Trinajstić information content (AvgIpc) is 3.40. The summed E-state index contributed by atoms with van der Waals surface area (Å²) < 4.78 is 3.97. The van der Waals surface area contributed by atoms with Crippen LogP contribution >= 0.6 is 22.9 Å². The predicted octanol–water partition coefficient (Wildman–Crippen LogP) is 4.31. The Morgan fingerprint density at radius 1 is 1.09 bits per heavy atom. The van der Waals surface area contributed by atoms with Crippen LogP contribution in [0.2, 0.25) is 0 Å². The van der Waals surface area contributed by atoms with E-state index in [4.69, 9.17) is 11.5 Å². The van der Waals surface area contributed by atoms with Gasteiger partial charge >= 0.3 is 0 Å². The van der Waals surface area contributed by atoms with E-state index in [0.717, 1.165) is 17.1 Å². The predicted molar refractivity (Wildman–Crippen MR) is 137 cm³/mol. The van der Waals surface area contributed by atoms with Gasteiger partial charge in [-0.3, -0.25) is 19.3 Å². The van der Waals surface area contributed by atoms with Crippen molar-refractivity contribution in [1.82, 2.24) is 9.69 Å². The standard InChI is InChI=1S/C24H29N5O3S2/c1-13(2)14-8-10-15(11-9-14)29(23(32)20-17(25)18(21(26)30)28-34-20)19(16-7-6-12-33-16)22(31)27-24(3,4)5/h6-13,19H,25H2,1-5H3,(H2,26,30)(H,27,31)/t19-/m1/s1. The monoisotopic (exact) mass is 499 g/mol. The van der Waals surface area contributed by atoms with Crippen LogP contribution in [-0.2, 0) is 4.79 Å². The second kappa shape index (κ2) is 9.94. The Hall–Kier alpha value is -3.24. The number of nitrogens with one attached hydrogen (secondary N) is 1. The molecule has 1 aromatic carbocycles. The molecule has 0 saturated heterocycles. The topological polar surface area (TPSA) is 131 Å². The molecule has 0 spiro atoms. The van der Waals surface area contributed by atoms with Gasteiger partial charge in [-0.1, -0.05) is 32.0 Å². The zero-order chi connectivity index (χ0) is 25.2. The molecule has 3 aromatic rings. The van der Waals surface area contributed by atoms with Crippen molar-refractivity contribution in [3.05, 3.63) is 62.8 Å². The molecule has 0 bridgehead atoms. The second-order valence-corrected chi connectivity index (χ2v) is 11.0. The zero-order valence-electron chi connectivity index (χ0n) is 19.8. The Bertz CT molecular complexity index is 1180. The Morgan fingerprint density at radius 3 is 2.21 bits per heavy atom. The van der Waals surface area contributed by atoms with Crippen molar-refractivity contribution in [3.8, 4) is 0 Å². The van der Waals surface area contributed by atoms with Crippen molar-refractivity contribution >= 4 is 52.0 Å². The molecule has 34 heavy (non-hydrogen) atoms. The van der Waals surface area contributed by atoms with Crippen LogP contribution in [0.3, 0.4) is 0 Å². The number of hydrogen-bond donors (Lipinski definition) is 3. The van der Waals surface area contributed by atoms with Crippen LogP contribution in [0.25, 0.3) is 0 Å². The highest BCUT2D eigenvalue weighted by Gasteiger charge is 2.37. The van der Waals surface area contributed by atoms with Gasteiger partial charge < -0.3 is 16.8 Å². The van der Waals surface area contributed by atoms with Crippen molar-refractivity contribution in [1.29, 1.82) is 0 Å². The van der Waals surface area contributed by atoms with Gasteiger partial charge in [0.1, 0.15) is 4.88 Å². The highest BCUT2D eigenvalue weighted by molar-refractivity contribution is 7.10. The van der Waals surface area contributed by atoms with Crippen molar-refractivity contribution in [2.45, 2.75) is 52.1 Å². The Balaban J connectivity index is 2.19. The summed E-state index contributed by atoms with van der Waals surface area (Å²) in [5.41, 5.74) is 12.3. The lowest BCUT2D eigenvalue weighted by Gasteiger charge is -2.33. The van der Waals surface area contributed by atoms with Crippen molar-refractivity contribution in [2.24, 2.45) is 5.73 Å². The summed E-state index contributed by atoms with van der Waals surface area (Å²) in [7, 11) is 0. The van der Waals surface area contributed by atoms with Gasteiger partial charge in [-0.25, -0.2) is 0 Å². The number of rotatable bonds is 7. The van der Waals surface area contributed by atoms with Gasteiger partial charge in [0, 0.05) is 16.1 Å². The number of carbonyl (C=O) groups excluding carboxylic acids is 3. The van der Waals surface area contributed by atoms with E-state index in [1.807, 2.05) is 62.5 Å². The largest absolute Gasteiger partial charge is 0.395 e. The number of benzene rings is 1. The van der Waals surface area contributed by atoms with E-state index in [1.54, 1.807) is 0 Å².